The molecule has 13 nitrogen and oxygen atoms in total. The number of thiazole rings is 1. The van der Waals surface area contributed by atoms with Crippen LogP contribution in [0, 0.1) is 23.1 Å². The van der Waals surface area contributed by atoms with Gasteiger partial charge in [0.25, 0.3) is 0 Å². The molecular formula is C38H41FN10O3S. The van der Waals surface area contributed by atoms with E-state index in [0.29, 0.717) is 59.8 Å². The summed E-state index contributed by atoms with van der Waals surface area (Å²) < 4.78 is 21.0. The number of amides is 2. The Morgan fingerprint density at radius 1 is 1.04 bits per heavy atom. The zero-order valence-electron chi connectivity index (χ0n) is 30.3. The van der Waals surface area contributed by atoms with E-state index in [4.69, 9.17) is 24.7 Å². The van der Waals surface area contributed by atoms with Crippen LogP contribution in [0.3, 0.4) is 0 Å². The highest BCUT2D eigenvalue weighted by atomic mass is 32.1. The number of carbonyl (C=O) groups excluding carboxylic acids is 2. The fourth-order valence-electron chi connectivity index (χ4n) is 6.56. The summed E-state index contributed by atoms with van der Waals surface area (Å²) >= 11 is 1.27. The molecule has 15 heteroatoms. The molecular weight excluding hydrogens is 696 g/mol. The number of nitrogens with one attached hydrogen (secondary N) is 1. The minimum atomic E-state index is -0.563. The monoisotopic (exact) mass is 736 g/mol. The third kappa shape index (κ3) is 7.50. The number of imidazole rings is 1. The Kier molecular flexibility index (Phi) is 9.73. The van der Waals surface area contributed by atoms with E-state index in [0.717, 1.165) is 41.1 Å². The van der Waals surface area contributed by atoms with Gasteiger partial charge in [0.2, 0.25) is 11.9 Å². The first-order chi connectivity index (χ1) is 25.4. The Labute approximate surface area is 311 Å². The Bertz CT molecular complexity index is 2170. The van der Waals surface area contributed by atoms with Gasteiger partial charge in [-0.2, -0.15) is 5.26 Å². The fourth-order valence-corrected chi connectivity index (χ4v) is 7.41. The van der Waals surface area contributed by atoms with Crippen LogP contribution in [-0.2, 0) is 16.0 Å². The lowest BCUT2D eigenvalue weighted by atomic mass is 9.98. The fraction of sp³-hybridized carbons (Fsp3) is 0.395. The molecule has 2 saturated heterocycles. The molecule has 2 aliphatic heterocycles. The van der Waals surface area contributed by atoms with Crippen LogP contribution in [-0.4, -0.2) is 86.1 Å². The molecule has 0 bridgehead atoms. The number of ether oxygens (including phenoxy) is 1. The van der Waals surface area contributed by atoms with Gasteiger partial charge in [0.05, 0.1) is 11.6 Å². The van der Waals surface area contributed by atoms with Gasteiger partial charge in [-0.25, -0.2) is 29.1 Å². The van der Waals surface area contributed by atoms with Crippen LogP contribution in [0.5, 0.6) is 0 Å². The predicted octanol–water partition coefficient (Wildman–Crippen LogP) is 6.21. The Hall–Kier alpha value is -5.62. The highest BCUT2D eigenvalue weighted by molar-refractivity contribution is 7.16. The molecule has 0 atom stereocenters. The van der Waals surface area contributed by atoms with E-state index in [1.807, 2.05) is 74.8 Å². The summed E-state index contributed by atoms with van der Waals surface area (Å²) in [7, 11) is 1.91. The maximum absolute atomic E-state index is 13.6. The van der Waals surface area contributed by atoms with E-state index in [-0.39, 0.29) is 29.8 Å². The predicted molar refractivity (Wildman–Crippen MR) is 201 cm³/mol. The van der Waals surface area contributed by atoms with Gasteiger partial charge in [-0.05, 0) is 76.4 Å². The normalized spacial score (nSPS) is 15.3. The summed E-state index contributed by atoms with van der Waals surface area (Å²) in [4.78, 5) is 50.2. The second-order valence-electron chi connectivity index (χ2n) is 14.4. The number of benzene rings is 1. The molecule has 53 heavy (non-hydrogen) atoms. The Balaban J connectivity index is 1.00. The van der Waals surface area contributed by atoms with Crippen molar-refractivity contribution in [1.29, 1.82) is 5.26 Å². The molecule has 6 heterocycles. The van der Waals surface area contributed by atoms with Crippen molar-refractivity contribution in [3.63, 3.8) is 0 Å². The van der Waals surface area contributed by atoms with Crippen LogP contribution in [0.15, 0.2) is 55.0 Å². The van der Waals surface area contributed by atoms with Crippen molar-refractivity contribution < 1.29 is 18.7 Å². The molecule has 274 valence electrons. The van der Waals surface area contributed by atoms with Crippen molar-refractivity contribution in [2.24, 2.45) is 5.92 Å². The maximum Gasteiger partial charge on any atom is 0.410 e. The molecule has 4 aromatic heterocycles. The lowest BCUT2D eigenvalue weighted by Crippen LogP contribution is -2.58. The molecule has 0 unspecified atom stereocenters. The summed E-state index contributed by atoms with van der Waals surface area (Å²) in [6.45, 7) is 9.70. The first-order valence-corrected chi connectivity index (χ1v) is 18.5. The highest BCUT2D eigenvalue weighted by Crippen LogP contribution is 2.37. The number of hydrogen-bond acceptors (Lipinski definition) is 11. The first-order valence-electron chi connectivity index (χ1n) is 17.7. The van der Waals surface area contributed by atoms with E-state index in [1.165, 1.54) is 23.5 Å². The van der Waals surface area contributed by atoms with Crippen molar-refractivity contribution in [1.82, 2.24) is 34.6 Å². The molecule has 0 aliphatic carbocycles. The molecule has 1 aromatic carbocycles. The zero-order valence-corrected chi connectivity index (χ0v) is 31.2. The number of aromatic nitrogens is 5. The van der Waals surface area contributed by atoms with Gasteiger partial charge < -0.3 is 24.8 Å². The summed E-state index contributed by atoms with van der Waals surface area (Å²) in [5, 5.41) is 13.7. The van der Waals surface area contributed by atoms with E-state index in [2.05, 4.69) is 16.3 Å². The van der Waals surface area contributed by atoms with Crippen LogP contribution in [0.1, 0.15) is 51.1 Å². The van der Waals surface area contributed by atoms with Gasteiger partial charge in [-0.1, -0.05) is 18.3 Å². The standard InChI is InChI=1S/C38H41FN10O3S/c1-6-29-34(46(5)36-45-32(30(17-40)53-36)23-7-10-27(39)11-8-23)49-22-24(9-12-31(49)44-29)25-18-41-35(42-19-25)47-15-13-28(14-16-47)43-33(50)26-20-48(21-26)37(51)52-38(2,3)4/h7-12,18-19,22,26,28H,6,13-16,20-21H2,1-5H3,(H,43,50). The topological polar surface area (TPSA) is 145 Å². The smallest absolute Gasteiger partial charge is 0.410 e. The molecule has 7 rings (SSSR count). The summed E-state index contributed by atoms with van der Waals surface area (Å²) in [6, 6.07) is 12.2. The number of pyridine rings is 1. The maximum atomic E-state index is 13.6. The van der Waals surface area contributed by atoms with Crippen molar-refractivity contribution in [2.45, 2.75) is 58.6 Å². The number of halogens is 1. The number of rotatable bonds is 8. The number of hydrogen-bond donors (Lipinski definition) is 1. The summed E-state index contributed by atoms with van der Waals surface area (Å²) in [5.41, 5.74) is 4.03. The number of anilines is 3. The van der Waals surface area contributed by atoms with E-state index in [9.17, 15) is 19.2 Å². The number of fused-ring (bicyclic) bond motifs is 1. The van der Waals surface area contributed by atoms with Gasteiger partial charge in [0.15, 0.2) is 5.13 Å². The van der Waals surface area contributed by atoms with E-state index in [1.54, 1.807) is 17.0 Å². The average molecular weight is 737 g/mol. The molecule has 0 radical (unpaired) electrons. The summed E-state index contributed by atoms with van der Waals surface area (Å²) in [6.07, 6.45) is 7.49. The third-order valence-electron chi connectivity index (χ3n) is 9.44. The molecule has 0 spiro atoms. The van der Waals surface area contributed by atoms with E-state index < -0.39 is 5.60 Å². The first kappa shape index (κ1) is 35.8. The van der Waals surface area contributed by atoms with Gasteiger partial charge in [-0.3, -0.25) is 9.20 Å². The number of nitriles is 1. The van der Waals surface area contributed by atoms with Crippen LogP contribution in [0.2, 0.25) is 0 Å². The minimum Gasteiger partial charge on any atom is -0.444 e. The van der Waals surface area contributed by atoms with Crippen LogP contribution >= 0.6 is 11.3 Å². The Morgan fingerprint density at radius 2 is 1.72 bits per heavy atom. The van der Waals surface area contributed by atoms with Gasteiger partial charge in [-0.15, -0.1) is 0 Å². The van der Waals surface area contributed by atoms with Crippen LogP contribution in [0.25, 0.3) is 28.0 Å². The van der Waals surface area contributed by atoms with E-state index >= 15 is 0 Å². The lowest BCUT2D eigenvalue weighted by Gasteiger charge is -2.40. The number of nitrogens with zero attached hydrogens (tertiary/aromatic N) is 9. The van der Waals surface area contributed by atoms with Crippen molar-refractivity contribution in [2.75, 3.05) is 43.0 Å². The van der Waals surface area contributed by atoms with Crippen molar-refractivity contribution >= 4 is 45.9 Å². The van der Waals surface area contributed by atoms with Gasteiger partial charge in [0.1, 0.15) is 39.5 Å². The SMILES string of the molecule is CCc1nc2ccc(-c3cnc(N4CCC(NC(=O)C5CN(C(=O)OC(C)(C)C)C5)CC4)nc3)cn2c1N(C)c1nc(-c2ccc(F)cc2)c(C#N)s1. The quantitative estimate of drug-likeness (QED) is 0.195. The van der Waals surface area contributed by atoms with Crippen molar-refractivity contribution in [3.05, 3.63) is 71.4 Å². The third-order valence-corrected chi connectivity index (χ3v) is 10.5. The zero-order chi connectivity index (χ0) is 37.4. The minimum absolute atomic E-state index is 0.0209. The Morgan fingerprint density at radius 3 is 2.36 bits per heavy atom. The number of likely N-dealkylation sites (tertiary alicyclic amines) is 1. The molecule has 1 N–H and O–H groups in total. The number of carbonyl (C=O) groups is 2. The van der Waals surface area contributed by atoms with Gasteiger partial charge in [0, 0.05) is 74.5 Å². The number of piperidine rings is 1. The van der Waals surface area contributed by atoms with Gasteiger partial charge >= 0.3 is 6.09 Å². The second kappa shape index (κ2) is 14.4. The molecule has 5 aromatic rings. The lowest BCUT2D eigenvalue weighted by molar-refractivity contribution is -0.130. The molecule has 2 fully saturated rings. The molecule has 2 aliphatic rings. The largest absolute Gasteiger partial charge is 0.444 e. The molecule has 2 amide bonds. The summed E-state index contributed by atoms with van der Waals surface area (Å²) in [5.74, 6) is 0.882. The number of aryl methyl sites for hydroxylation is 1. The second-order valence-corrected chi connectivity index (χ2v) is 15.3. The average Bonchev–Trinajstić information content (AvgIpc) is 3.72. The highest BCUT2D eigenvalue weighted by Gasteiger charge is 2.38. The van der Waals surface area contributed by atoms with Crippen molar-refractivity contribution in [3.8, 4) is 28.5 Å². The molecule has 0 saturated carbocycles. The van der Waals surface area contributed by atoms with Crippen LogP contribution < -0.4 is 15.1 Å². The van der Waals surface area contributed by atoms with Crippen LogP contribution in [0.4, 0.5) is 26.1 Å².